The first-order chi connectivity index (χ1) is 11.6. The van der Waals surface area contributed by atoms with Gasteiger partial charge >= 0.3 is 0 Å². The summed E-state index contributed by atoms with van der Waals surface area (Å²) >= 11 is 0. The van der Waals surface area contributed by atoms with E-state index < -0.39 is 0 Å². The molecule has 2 aromatic carbocycles. The van der Waals surface area contributed by atoms with Crippen LogP contribution >= 0.6 is 0 Å². The van der Waals surface area contributed by atoms with Crippen molar-refractivity contribution in [1.82, 2.24) is 0 Å². The monoisotopic (exact) mass is 322 g/mol. The summed E-state index contributed by atoms with van der Waals surface area (Å²) in [4.78, 5) is 26.4. The first kappa shape index (κ1) is 14.8. The predicted molar refractivity (Wildman–Crippen MR) is 91.6 cm³/mol. The zero-order valence-corrected chi connectivity index (χ0v) is 13.2. The zero-order valence-electron chi connectivity index (χ0n) is 13.2. The molecule has 24 heavy (non-hydrogen) atoms. The number of nitrogens with one attached hydrogen (secondary N) is 1. The number of carbonyl (C=O) groups is 2. The molecule has 0 saturated carbocycles. The van der Waals surface area contributed by atoms with Crippen molar-refractivity contribution in [3.8, 4) is 5.75 Å². The van der Waals surface area contributed by atoms with Crippen molar-refractivity contribution in [3.05, 3.63) is 47.5 Å². The topological polar surface area (TPSA) is 69.6 Å². The van der Waals surface area contributed by atoms with Crippen LogP contribution in [-0.2, 0) is 22.4 Å². The summed E-state index contributed by atoms with van der Waals surface area (Å²) in [6.45, 7) is 0. The van der Waals surface area contributed by atoms with Gasteiger partial charge in [0.25, 0.3) is 0 Å². The van der Waals surface area contributed by atoms with Crippen molar-refractivity contribution in [3.63, 3.8) is 0 Å². The van der Waals surface area contributed by atoms with Gasteiger partial charge in [0.05, 0.1) is 11.4 Å². The fourth-order valence-electron chi connectivity index (χ4n) is 3.56. The number of aryl methyl sites for hydroxylation is 1. The van der Waals surface area contributed by atoms with Crippen molar-refractivity contribution < 1.29 is 14.7 Å². The van der Waals surface area contributed by atoms with Crippen LogP contribution in [-0.4, -0.2) is 16.9 Å². The Kier molecular flexibility index (Phi) is 3.49. The van der Waals surface area contributed by atoms with E-state index in [0.29, 0.717) is 11.4 Å². The van der Waals surface area contributed by atoms with Crippen molar-refractivity contribution in [1.29, 1.82) is 0 Å². The molecule has 0 unspecified atom stereocenters. The summed E-state index contributed by atoms with van der Waals surface area (Å²) in [6.07, 6.45) is 3.97. The highest BCUT2D eigenvalue weighted by Crippen LogP contribution is 2.41. The SMILES string of the molecule is O=C1CC(=O)N(c2ccc(O)cc2)c2ccc3c(c2N1)CCCC3. The number of rotatable bonds is 1. The maximum absolute atomic E-state index is 12.6. The molecule has 2 aliphatic rings. The second-order valence-electron chi connectivity index (χ2n) is 6.27. The minimum atomic E-state index is -0.276. The van der Waals surface area contributed by atoms with Gasteiger partial charge in [0.2, 0.25) is 11.8 Å². The fourth-order valence-corrected chi connectivity index (χ4v) is 3.56. The molecule has 1 heterocycles. The Morgan fingerprint density at radius 1 is 0.958 bits per heavy atom. The molecule has 2 N–H and O–H groups in total. The van der Waals surface area contributed by atoms with Gasteiger partial charge in [0.15, 0.2) is 0 Å². The highest BCUT2D eigenvalue weighted by molar-refractivity contribution is 6.17. The van der Waals surface area contributed by atoms with E-state index in [1.165, 1.54) is 5.56 Å². The summed E-state index contributed by atoms with van der Waals surface area (Å²) < 4.78 is 0. The number of amides is 2. The van der Waals surface area contributed by atoms with Crippen LogP contribution in [0.25, 0.3) is 0 Å². The van der Waals surface area contributed by atoms with Gasteiger partial charge in [0, 0.05) is 5.69 Å². The normalized spacial score (nSPS) is 16.9. The summed E-state index contributed by atoms with van der Waals surface area (Å²) in [7, 11) is 0. The largest absolute Gasteiger partial charge is 0.508 e. The molecule has 0 bridgehead atoms. The van der Waals surface area contributed by atoms with E-state index in [-0.39, 0.29) is 24.0 Å². The van der Waals surface area contributed by atoms with Crippen LogP contribution < -0.4 is 10.2 Å². The number of phenolic OH excluding ortho intramolecular Hbond substituents is 1. The van der Waals surface area contributed by atoms with E-state index in [4.69, 9.17) is 0 Å². The Hall–Kier alpha value is -2.82. The highest BCUT2D eigenvalue weighted by atomic mass is 16.3. The Morgan fingerprint density at radius 2 is 1.71 bits per heavy atom. The van der Waals surface area contributed by atoms with Gasteiger partial charge in [-0.3, -0.25) is 14.5 Å². The molecule has 122 valence electrons. The van der Waals surface area contributed by atoms with Crippen LogP contribution in [0.15, 0.2) is 36.4 Å². The zero-order chi connectivity index (χ0) is 16.7. The van der Waals surface area contributed by atoms with Crippen LogP contribution in [0.5, 0.6) is 5.75 Å². The van der Waals surface area contributed by atoms with Crippen LogP contribution in [0.1, 0.15) is 30.4 Å². The Labute approximate surface area is 139 Å². The molecule has 5 heteroatoms. The number of phenols is 1. The maximum atomic E-state index is 12.6. The van der Waals surface area contributed by atoms with E-state index in [1.807, 2.05) is 6.07 Å². The number of nitrogens with zero attached hydrogens (tertiary/aromatic N) is 1. The standard InChI is InChI=1S/C19H18N2O3/c22-14-8-6-13(7-9-14)21-16-10-5-12-3-1-2-4-15(12)19(16)20-17(23)11-18(21)24/h5-10,22H,1-4,11H2,(H,20,23). The number of anilines is 3. The second kappa shape index (κ2) is 5.67. The van der Waals surface area contributed by atoms with Crippen molar-refractivity contribution >= 4 is 28.9 Å². The van der Waals surface area contributed by atoms with Crippen LogP contribution in [0.4, 0.5) is 17.1 Å². The molecule has 1 aliphatic heterocycles. The lowest BCUT2D eigenvalue weighted by atomic mass is 9.89. The molecule has 0 saturated heterocycles. The van der Waals surface area contributed by atoms with Gasteiger partial charge in [-0.25, -0.2) is 0 Å². The Balaban J connectivity index is 1.90. The number of fused-ring (bicyclic) bond motifs is 3. The number of carbonyl (C=O) groups excluding carboxylic acids is 2. The van der Waals surface area contributed by atoms with Gasteiger partial charge in [-0.2, -0.15) is 0 Å². The third kappa shape index (κ3) is 2.42. The van der Waals surface area contributed by atoms with Gasteiger partial charge in [-0.1, -0.05) is 6.07 Å². The predicted octanol–water partition coefficient (Wildman–Crippen LogP) is 3.28. The molecule has 0 spiro atoms. The Morgan fingerprint density at radius 3 is 2.50 bits per heavy atom. The molecule has 0 fully saturated rings. The lowest BCUT2D eigenvalue weighted by Crippen LogP contribution is -2.26. The first-order valence-electron chi connectivity index (χ1n) is 8.20. The van der Waals surface area contributed by atoms with Crippen molar-refractivity contribution in [2.24, 2.45) is 0 Å². The van der Waals surface area contributed by atoms with Crippen molar-refractivity contribution in [2.75, 3.05) is 10.2 Å². The minimum absolute atomic E-state index is 0.140. The molecular formula is C19H18N2O3. The van der Waals surface area contributed by atoms with Gasteiger partial charge < -0.3 is 10.4 Å². The quantitative estimate of drug-likeness (QED) is 0.792. The van der Waals surface area contributed by atoms with Crippen molar-refractivity contribution in [2.45, 2.75) is 32.1 Å². The van der Waals surface area contributed by atoms with Gasteiger partial charge in [-0.15, -0.1) is 0 Å². The summed E-state index contributed by atoms with van der Waals surface area (Å²) in [6, 6.07) is 10.4. The summed E-state index contributed by atoms with van der Waals surface area (Å²) in [5, 5.41) is 12.4. The second-order valence-corrected chi connectivity index (χ2v) is 6.27. The lowest BCUT2D eigenvalue weighted by molar-refractivity contribution is -0.124. The number of benzene rings is 2. The molecule has 4 rings (SSSR count). The van der Waals surface area contributed by atoms with Crippen LogP contribution in [0.3, 0.4) is 0 Å². The third-order valence-electron chi connectivity index (χ3n) is 4.69. The molecule has 0 aromatic heterocycles. The van der Waals surface area contributed by atoms with E-state index in [9.17, 15) is 14.7 Å². The van der Waals surface area contributed by atoms with E-state index in [0.717, 1.165) is 36.9 Å². The first-order valence-corrected chi connectivity index (χ1v) is 8.20. The van der Waals surface area contributed by atoms with Gasteiger partial charge in [0.1, 0.15) is 12.2 Å². The van der Waals surface area contributed by atoms with E-state index >= 15 is 0 Å². The van der Waals surface area contributed by atoms with E-state index in [1.54, 1.807) is 29.2 Å². The molecule has 2 amide bonds. The summed E-state index contributed by atoms with van der Waals surface area (Å²) in [5.41, 5.74) is 4.51. The summed E-state index contributed by atoms with van der Waals surface area (Å²) in [5.74, 6) is -0.407. The Bertz CT molecular complexity index is 827. The fraction of sp³-hybridized carbons (Fsp3) is 0.263. The highest BCUT2D eigenvalue weighted by Gasteiger charge is 2.30. The number of hydrogen-bond acceptors (Lipinski definition) is 3. The van der Waals surface area contributed by atoms with E-state index in [2.05, 4.69) is 11.4 Å². The average Bonchev–Trinajstić information content (AvgIpc) is 2.71. The number of aromatic hydroxyl groups is 1. The maximum Gasteiger partial charge on any atom is 0.241 e. The molecular weight excluding hydrogens is 304 g/mol. The number of hydrogen-bond donors (Lipinski definition) is 2. The van der Waals surface area contributed by atoms with Crippen LogP contribution in [0.2, 0.25) is 0 Å². The third-order valence-corrected chi connectivity index (χ3v) is 4.69. The molecule has 1 aliphatic carbocycles. The molecule has 5 nitrogen and oxygen atoms in total. The smallest absolute Gasteiger partial charge is 0.241 e. The van der Waals surface area contributed by atoms with Gasteiger partial charge in [-0.05, 0) is 67.1 Å². The lowest BCUT2D eigenvalue weighted by Gasteiger charge is -2.26. The molecule has 0 atom stereocenters. The molecule has 2 aromatic rings. The minimum Gasteiger partial charge on any atom is -0.508 e. The average molecular weight is 322 g/mol. The molecule has 0 radical (unpaired) electrons. The van der Waals surface area contributed by atoms with Crippen LogP contribution in [0, 0.1) is 0 Å².